The molecule has 1 rings (SSSR count). The van der Waals surface area contributed by atoms with Crippen molar-refractivity contribution in [1.82, 2.24) is 5.32 Å². The lowest BCUT2D eigenvalue weighted by atomic mass is 9.83. The Morgan fingerprint density at radius 1 is 0.875 bits per heavy atom. The number of alkyl halides is 4. The Hall–Kier alpha value is 1.35. The van der Waals surface area contributed by atoms with Crippen molar-refractivity contribution >= 4 is 69.7 Å². The van der Waals surface area contributed by atoms with Crippen LogP contribution in [-0.2, 0) is 9.53 Å². The van der Waals surface area contributed by atoms with E-state index >= 15 is 0 Å². The third kappa shape index (κ3) is 13.4. The van der Waals surface area contributed by atoms with E-state index in [1.165, 1.54) is 38.5 Å². The molecule has 0 radical (unpaired) electrons. The number of rotatable bonds is 17. The standard InChI is InChI=1S/C25H45Br4NO2/c1-4-5-8-11-20(26)22(28)18-23(29)21(27)12-9-6-7-10-13-24(31)32-25(2,3)19-14-16-30-17-15-19/h19-23,30H,4-18H2,1-3H3. The van der Waals surface area contributed by atoms with Gasteiger partial charge in [-0.1, -0.05) is 109 Å². The highest BCUT2D eigenvalue weighted by Gasteiger charge is 2.33. The summed E-state index contributed by atoms with van der Waals surface area (Å²) in [5.74, 6) is 0.440. The number of carbonyl (C=O) groups excluding carboxylic acids is 1. The molecular formula is C25H45Br4NO2. The molecule has 7 heteroatoms. The van der Waals surface area contributed by atoms with Gasteiger partial charge in [-0.2, -0.15) is 0 Å². The molecule has 1 aliphatic heterocycles. The van der Waals surface area contributed by atoms with Gasteiger partial charge in [-0.3, -0.25) is 4.79 Å². The van der Waals surface area contributed by atoms with Crippen LogP contribution in [0.4, 0.5) is 0 Å². The van der Waals surface area contributed by atoms with Gasteiger partial charge in [0.1, 0.15) is 5.60 Å². The predicted molar refractivity (Wildman–Crippen MR) is 153 cm³/mol. The van der Waals surface area contributed by atoms with Crippen molar-refractivity contribution in [2.24, 2.45) is 5.92 Å². The molecule has 4 atom stereocenters. The van der Waals surface area contributed by atoms with Gasteiger partial charge in [-0.25, -0.2) is 0 Å². The maximum absolute atomic E-state index is 12.3. The molecule has 1 aliphatic rings. The van der Waals surface area contributed by atoms with Gasteiger partial charge in [0.2, 0.25) is 0 Å². The molecule has 0 aromatic carbocycles. The molecule has 1 heterocycles. The normalized spacial score (nSPS) is 19.3. The molecule has 0 amide bonds. The smallest absolute Gasteiger partial charge is 0.306 e. The second kappa shape index (κ2) is 17.7. The van der Waals surface area contributed by atoms with Gasteiger partial charge >= 0.3 is 5.97 Å². The number of halogens is 4. The molecule has 0 spiro atoms. The number of piperidine rings is 1. The summed E-state index contributed by atoms with van der Waals surface area (Å²) >= 11 is 15.5. The van der Waals surface area contributed by atoms with E-state index < -0.39 is 0 Å². The van der Waals surface area contributed by atoms with E-state index in [-0.39, 0.29) is 11.6 Å². The molecular weight excluding hydrogens is 666 g/mol. The average Bonchev–Trinajstić information content (AvgIpc) is 2.76. The van der Waals surface area contributed by atoms with Gasteiger partial charge in [0.15, 0.2) is 0 Å². The zero-order chi connectivity index (χ0) is 24.0. The summed E-state index contributed by atoms with van der Waals surface area (Å²) in [6.45, 7) is 8.46. The van der Waals surface area contributed by atoms with Gasteiger partial charge in [-0.15, -0.1) is 0 Å². The Labute approximate surface area is 231 Å². The first-order valence-electron chi connectivity index (χ1n) is 12.7. The highest BCUT2D eigenvalue weighted by molar-refractivity contribution is 9.13. The zero-order valence-corrected chi connectivity index (χ0v) is 26.7. The van der Waals surface area contributed by atoms with Crippen molar-refractivity contribution in [2.45, 2.75) is 129 Å². The topological polar surface area (TPSA) is 38.3 Å². The Morgan fingerprint density at radius 2 is 1.41 bits per heavy atom. The van der Waals surface area contributed by atoms with E-state index in [1.54, 1.807) is 0 Å². The van der Waals surface area contributed by atoms with E-state index in [0.29, 0.717) is 31.6 Å². The van der Waals surface area contributed by atoms with Crippen LogP contribution in [0.2, 0.25) is 0 Å². The molecule has 1 N–H and O–H groups in total. The number of esters is 1. The molecule has 4 unspecified atom stereocenters. The van der Waals surface area contributed by atoms with Crippen LogP contribution in [0.5, 0.6) is 0 Å². The van der Waals surface area contributed by atoms with Crippen LogP contribution in [0.3, 0.4) is 0 Å². The number of hydrogen-bond acceptors (Lipinski definition) is 3. The predicted octanol–water partition coefficient (Wildman–Crippen LogP) is 8.67. The number of unbranched alkanes of at least 4 members (excludes halogenated alkanes) is 5. The lowest BCUT2D eigenvalue weighted by molar-refractivity contribution is -0.162. The Bertz CT molecular complexity index is 500. The van der Waals surface area contributed by atoms with Crippen LogP contribution in [0.25, 0.3) is 0 Å². The quantitative estimate of drug-likeness (QED) is 0.0933. The monoisotopic (exact) mass is 707 g/mol. The van der Waals surface area contributed by atoms with Crippen molar-refractivity contribution in [3.8, 4) is 0 Å². The minimum absolute atomic E-state index is 0.0287. The Kier molecular flexibility index (Phi) is 17.4. The van der Waals surface area contributed by atoms with Crippen molar-refractivity contribution in [3.63, 3.8) is 0 Å². The maximum Gasteiger partial charge on any atom is 0.306 e. The molecule has 3 nitrogen and oxygen atoms in total. The highest BCUT2D eigenvalue weighted by Crippen LogP contribution is 2.32. The Balaban J connectivity index is 2.12. The second-order valence-corrected chi connectivity index (χ2v) is 14.6. The summed E-state index contributed by atoms with van der Waals surface area (Å²) in [6.07, 6.45) is 14.5. The number of ether oxygens (including phenoxy) is 1. The van der Waals surface area contributed by atoms with E-state index in [1.807, 2.05) is 0 Å². The second-order valence-electron chi connectivity index (χ2n) is 9.85. The summed E-state index contributed by atoms with van der Waals surface area (Å²) in [5, 5.41) is 3.38. The van der Waals surface area contributed by atoms with Gasteiger partial charge in [0.25, 0.3) is 0 Å². The number of carbonyl (C=O) groups is 1. The van der Waals surface area contributed by atoms with Crippen LogP contribution in [0.15, 0.2) is 0 Å². The average molecular weight is 711 g/mol. The van der Waals surface area contributed by atoms with Crippen molar-refractivity contribution in [2.75, 3.05) is 13.1 Å². The fourth-order valence-electron chi connectivity index (χ4n) is 4.37. The molecule has 0 saturated carbocycles. The summed E-state index contributed by atoms with van der Waals surface area (Å²) in [5.41, 5.74) is -0.343. The van der Waals surface area contributed by atoms with Crippen LogP contribution < -0.4 is 5.32 Å². The molecule has 1 saturated heterocycles. The van der Waals surface area contributed by atoms with Crippen LogP contribution in [0.1, 0.15) is 104 Å². The van der Waals surface area contributed by atoms with Crippen LogP contribution in [-0.4, -0.2) is 44.0 Å². The molecule has 0 bridgehead atoms. The minimum atomic E-state index is -0.343. The fraction of sp³-hybridized carbons (Fsp3) is 0.960. The van der Waals surface area contributed by atoms with Gasteiger partial charge in [-0.05, 0) is 65.5 Å². The number of nitrogens with one attached hydrogen (secondary N) is 1. The first-order valence-corrected chi connectivity index (χ1v) is 16.3. The molecule has 0 aromatic heterocycles. The fourth-order valence-corrected chi connectivity index (χ4v) is 7.28. The first-order chi connectivity index (χ1) is 15.2. The first kappa shape index (κ1) is 31.4. The summed E-state index contributed by atoms with van der Waals surface area (Å²) in [6, 6.07) is 0. The lowest BCUT2D eigenvalue weighted by Gasteiger charge is -2.36. The lowest BCUT2D eigenvalue weighted by Crippen LogP contribution is -2.42. The third-order valence-electron chi connectivity index (χ3n) is 6.63. The Morgan fingerprint density at radius 3 is 1.97 bits per heavy atom. The zero-order valence-electron chi connectivity index (χ0n) is 20.3. The van der Waals surface area contributed by atoms with E-state index in [0.717, 1.165) is 51.6 Å². The van der Waals surface area contributed by atoms with Gasteiger partial charge < -0.3 is 10.1 Å². The molecule has 0 aromatic rings. The van der Waals surface area contributed by atoms with Gasteiger partial charge in [0.05, 0.1) is 0 Å². The minimum Gasteiger partial charge on any atom is -0.459 e. The summed E-state index contributed by atoms with van der Waals surface area (Å²) in [7, 11) is 0. The summed E-state index contributed by atoms with van der Waals surface area (Å²) in [4.78, 5) is 14.3. The SMILES string of the molecule is CCCCCC(Br)C(Br)CC(Br)C(Br)CCCCCCC(=O)OC(C)(C)C1CCNCC1. The van der Waals surface area contributed by atoms with E-state index in [2.05, 4.69) is 89.8 Å². The molecule has 1 fully saturated rings. The maximum atomic E-state index is 12.3. The largest absolute Gasteiger partial charge is 0.459 e. The van der Waals surface area contributed by atoms with Crippen molar-refractivity contribution in [3.05, 3.63) is 0 Å². The molecule has 32 heavy (non-hydrogen) atoms. The highest BCUT2D eigenvalue weighted by atomic mass is 79.9. The molecule has 190 valence electrons. The van der Waals surface area contributed by atoms with Crippen molar-refractivity contribution in [1.29, 1.82) is 0 Å². The van der Waals surface area contributed by atoms with E-state index in [4.69, 9.17) is 4.74 Å². The third-order valence-corrected chi connectivity index (χ3v) is 12.3. The van der Waals surface area contributed by atoms with E-state index in [9.17, 15) is 4.79 Å². The van der Waals surface area contributed by atoms with Gasteiger partial charge in [0, 0.05) is 31.6 Å². The van der Waals surface area contributed by atoms with Crippen LogP contribution in [0, 0.1) is 5.92 Å². The van der Waals surface area contributed by atoms with Crippen LogP contribution >= 0.6 is 63.7 Å². The summed E-state index contributed by atoms with van der Waals surface area (Å²) < 4.78 is 5.85. The molecule has 0 aliphatic carbocycles. The number of hydrogen-bond donors (Lipinski definition) is 1. The van der Waals surface area contributed by atoms with Crippen molar-refractivity contribution < 1.29 is 9.53 Å².